The van der Waals surface area contributed by atoms with Gasteiger partial charge in [-0.15, -0.1) is 0 Å². The molecule has 0 spiro atoms. The van der Waals surface area contributed by atoms with Gasteiger partial charge in [0, 0.05) is 17.5 Å². The Kier molecular flexibility index (Phi) is 4.78. The van der Waals surface area contributed by atoms with Crippen LogP contribution in [0.2, 0.25) is 0 Å². The smallest absolute Gasteiger partial charge is 0.240 e. The molecule has 0 amide bonds. The second-order valence-corrected chi connectivity index (χ2v) is 8.61. The SMILES string of the molecule is CNS(=O)(=O)c1ccc(-c2nn(-c3ccc(F)cc3)c3c2CO[C@@H](C)C3)cc1. The summed E-state index contributed by atoms with van der Waals surface area (Å²) >= 11 is 0. The number of rotatable bonds is 4. The molecule has 0 aliphatic carbocycles. The van der Waals surface area contributed by atoms with Crippen molar-refractivity contribution in [2.24, 2.45) is 0 Å². The summed E-state index contributed by atoms with van der Waals surface area (Å²) in [4.78, 5) is 0.190. The molecule has 8 heteroatoms. The number of ether oxygens (including phenoxy) is 1. The van der Waals surface area contributed by atoms with E-state index >= 15 is 0 Å². The molecule has 3 aromatic rings. The molecule has 0 saturated heterocycles. The van der Waals surface area contributed by atoms with Crippen molar-refractivity contribution < 1.29 is 17.5 Å². The Morgan fingerprint density at radius 2 is 1.82 bits per heavy atom. The van der Waals surface area contributed by atoms with Crippen LogP contribution in [0.15, 0.2) is 53.4 Å². The molecular weight excluding hydrogens is 381 g/mol. The Hall–Kier alpha value is -2.55. The predicted molar refractivity (Wildman–Crippen MR) is 103 cm³/mol. The van der Waals surface area contributed by atoms with Crippen LogP contribution in [-0.2, 0) is 27.8 Å². The van der Waals surface area contributed by atoms with Gasteiger partial charge in [-0.3, -0.25) is 0 Å². The first-order valence-electron chi connectivity index (χ1n) is 8.91. The Labute approximate surface area is 163 Å². The van der Waals surface area contributed by atoms with E-state index in [9.17, 15) is 12.8 Å². The minimum absolute atomic E-state index is 0.0550. The summed E-state index contributed by atoms with van der Waals surface area (Å²) < 4.78 is 47.2. The van der Waals surface area contributed by atoms with Crippen molar-refractivity contribution in [3.63, 3.8) is 0 Å². The molecule has 1 aliphatic rings. The fourth-order valence-corrected chi connectivity index (χ4v) is 4.07. The normalized spacial score (nSPS) is 16.8. The largest absolute Gasteiger partial charge is 0.373 e. The van der Waals surface area contributed by atoms with Crippen molar-refractivity contribution >= 4 is 10.0 Å². The second kappa shape index (κ2) is 7.12. The highest BCUT2D eigenvalue weighted by Gasteiger charge is 2.26. The van der Waals surface area contributed by atoms with Crippen LogP contribution in [0.4, 0.5) is 4.39 Å². The number of nitrogens with one attached hydrogen (secondary N) is 1. The third kappa shape index (κ3) is 3.34. The number of aromatic nitrogens is 2. The molecule has 0 bridgehead atoms. The fourth-order valence-electron chi connectivity index (χ4n) is 3.34. The zero-order valence-corrected chi connectivity index (χ0v) is 16.3. The van der Waals surface area contributed by atoms with Crippen molar-refractivity contribution in [3.05, 3.63) is 65.6 Å². The van der Waals surface area contributed by atoms with Gasteiger partial charge in [0.2, 0.25) is 10.0 Å². The van der Waals surface area contributed by atoms with Gasteiger partial charge in [-0.1, -0.05) is 12.1 Å². The van der Waals surface area contributed by atoms with Gasteiger partial charge in [0.05, 0.1) is 34.7 Å². The summed E-state index contributed by atoms with van der Waals surface area (Å²) in [6.45, 7) is 2.42. The fraction of sp³-hybridized carbons (Fsp3) is 0.250. The summed E-state index contributed by atoms with van der Waals surface area (Å²) in [5.41, 5.74) is 4.29. The van der Waals surface area contributed by atoms with Crippen LogP contribution >= 0.6 is 0 Å². The quantitative estimate of drug-likeness (QED) is 0.729. The van der Waals surface area contributed by atoms with E-state index in [1.165, 1.54) is 19.2 Å². The Balaban J connectivity index is 1.82. The van der Waals surface area contributed by atoms with Crippen molar-refractivity contribution in [2.45, 2.75) is 31.0 Å². The molecule has 2 aromatic carbocycles. The zero-order valence-electron chi connectivity index (χ0n) is 15.5. The van der Waals surface area contributed by atoms with Crippen LogP contribution in [0.5, 0.6) is 0 Å². The average Bonchev–Trinajstić information content (AvgIpc) is 3.07. The third-order valence-corrected chi connectivity index (χ3v) is 6.29. The van der Waals surface area contributed by atoms with Crippen LogP contribution < -0.4 is 4.72 Å². The first-order chi connectivity index (χ1) is 13.4. The number of halogens is 1. The van der Waals surface area contributed by atoms with Gasteiger partial charge < -0.3 is 4.74 Å². The molecular formula is C20H20FN3O3S. The summed E-state index contributed by atoms with van der Waals surface area (Å²) in [6, 6.07) is 12.8. The second-order valence-electron chi connectivity index (χ2n) is 6.72. The standard InChI is InChI=1S/C20H20FN3O3S/c1-13-11-19-18(12-27-13)20(23-24(19)16-7-5-15(21)6-8-16)14-3-9-17(10-4-14)28(25,26)22-2/h3-10,13,22H,11-12H2,1-2H3/t13-/m0/s1. The minimum atomic E-state index is -3.50. The molecule has 1 aromatic heterocycles. The van der Waals surface area contributed by atoms with Crippen LogP contribution in [0.1, 0.15) is 18.2 Å². The van der Waals surface area contributed by atoms with Crippen molar-refractivity contribution in [2.75, 3.05) is 7.05 Å². The van der Waals surface area contributed by atoms with E-state index in [1.54, 1.807) is 36.4 Å². The lowest BCUT2D eigenvalue weighted by atomic mass is 10.0. The predicted octanol–water partition coefficient (Wildman–Crippen LogP) is 3.05. The Morgan fingerprint density at radius 3 is 2.46 bits per heavy atom. The van der Waals surface area contributed by atoms with E-state index < -0.39 is 10.0 Å². The summed E-state index contributed by atoms with van der Waals surface area (Å²) in [7, 11) is -2.12. The topological polar surface area (TPSA) is 73.2 Å². The van der Waals surface area contributed by atoms with Crippen LogP contribution in [-0.4, -0.2) is 31.3 Å². The van der Waals surface area contributed by atoms with E-state index in [2.05, 4.69) is 4.72 Å². The van der Waals surface area contributed by atoms with E-state index in [4.69, 9.17) is 9.84 Å². The van der Waals surface area contributed by atoms with E-state index in [-0.39, 0.29) is 16.8 Å². The summed E-state index contributed by atoms with van der Waals surface area (Å²) in [6.07, 6.45) is 0.741. The molecule has 146 valence electrons. The maximum absolute atomic E-state index is 13.3. The van der Waals surface area contributed by atoms with Crippen molar-refractivity contribution in [1.29, 1.82) is 0 Å². The molecule has 0 radical (unpaired) electrons. The highest BCUT2D eigenvalue weighted by Crippen LogP contribution is 2.33. The number of benzene rings is 2. The first kappa shape index (κ1) is 18.8. The number of hydrogen-bond donors (Lipinski definition) is 1. The average molecular weight is 401 g/mol. The zero-order chi connectivity index (χ0) is 19.9. The lowest BCUT2D eigenvalue weighted by molar-refractivity contribution is 0.0401. The van der Waals surface area contributed by atoms with Crippen LogP contribution in [0.3, 0.4) is 0 Å². The van der Waals surface area contributed by atoms with Crippen LogP contribution in [0.25, 0.3) is 16.9 Å². The molecule has 2 heterocycles. The van der Waals surface area contributed by atoms with Gasteiger partial charge in [0.15, 0.2) is 0 Å². The lowest BCUT2D eigenvalue weighted by Crippen LogP contribution is -2.21. The molecule has 0 saturated carbocycles. The molecule has 1 atom stereocenters. The summed E-state index contributed by atoms with van der Waals surface area (Å²) in [5, 5.41) is 4.76. The highest BCUT2D eigenvalue weighted by atomic mass is 32.2. The molecule has 0 fully saturated rings. The maximum Gasteiger partial charge on any atom is 0.240 e. The van der Waals surface area contributed by atoms with Gasteiger partial charge in [0.1, 0.15) is 5.82 Å². The highest BCUT2D eigenvalue weighted by molar-refractivity contribution is 7.89. The molecule has 1 N–H and O–H groups in total. The molecule has 4 rings (SSSR count). The van der Waals surface area contributed by atoms with Gasteiger partial charge in [0.25, 0.3) is 0 Å². The monoisotopic (exact) mass is 401 g/mol. The van der Waals surface area contributed by atoms with E-state index in [0.29, 0.717) is 13.0 Å². The number of nitrogens with zero attached hydrogens (tertiary/aromatic N) is 2. The first-order valence-corrected chi connectivity index (χ1v) is 10.4. The van der Waals surface area contributed by atoms with Gasteiger partial charge in [-0.05, 0) is 50.4 Å². The number of hydrogen-bond acceptors (Lipinski definition) is 4. The summed E-state index contributed by atoms with van der Waals surface area (Å²) in [5.74, 6) is -0.303. The van der Waals surface area contributed by atoms with Crippen LogP contribution in [0, 0.1) is 5.82 Å². The van der Waals surface area contributed by atoms with Crippen molar-refractivity contribution in [1.82, 2.24) is 14.5 Å². The Morgan fingerprint density at radius 1 is 1.14 bits per heavy atom. The van der Waals surface area contributed by atoms with E-state index in [0.717, 1.165) is 28.2 Å². The van der Waals surface area contributed by atoms with Gasteiger partial charge in [-0.25, -0.2) is 22.2 Å². The van der Waals surface area contributed by atoms with E-state index in [1.807, 2.05) is 11.6 Å². The Bertz CT molecular complexity index is 1110. The lowest BCUT2D eigenvalue weighted by Gasteiger charge is -2.21. The minimum Gasteiger partial charge on any atom is -0.373 e. The van der Waals surface area contributed by atoms with Gasteiger partial charge in [-0.2, -0.15) is 5.10 Å². The van der Waals surface area contributed by atoms with Crippen molar-refractivity contribution in [3.8, 4) is 16.9 Å². The number of fused-ring (bicyclic) bond motifs is 1. The molecule has 0 unspecified atom stereocenters. The third-order valence-electron chi connectivity index (χ3n) is 4.86. The molecule has 6 nitrogen and oxygen atoms in total. The molecule has 28 heavy (non-hydrogen) atoms. The molecule has 1 aliphatic heterocycles. The number of sulfonamides is 1. The van der Waals surface area contributed by atoms with Gasteiger partial charge >= 0.3 is 0 Å². The maximum atomic E-state index is 13.3.